The third-order valence-corrected chi connectivity index (χ3v) is 12.5. The molecule has 0 fully saturated rings. The van der Waals surface area contributed by atoms with Gasteiger partial charge in [-0.25, -0.2) is 0 Å². The molecule has 1 heterocycles. The van der Waals surface area contributed by atoms with Crippen LogP contribution in [0.1, 0.15) is 6.85 Å². The molecule has 0 spiro atoms. The van der Waals surface area contributed by atoms with E-state index < -0.39 is 6.04 Å². The van der Waals surface area contributed by atoms with Gasteiger partial charge < -0.3 is 9.47 Å². The Hall–Kier alpha value is -8.46. The summed E-state index contributed by atoms with van der Waals surface area (Å²) in [6, 6.07) is 77.3. The second-order valence-electron chi connectivity index (χ2n) is 16.1. The second kappa shape index (κ2) is 15.8. The van der Waals surface area contributed by atoms with Crippen LogP contribution in [-0.2, 0) is 0 Å². The van der Waals surface area contributed by atoms with Crippen molar-refractivity contribution in [3.63, 3.8) is 0 Å². The number of para-hydroxylation sites is 1. The smallest absolute Gasteiger partial charge is 0.0629 e. The highest BCUT2D eigenvalue weighted by Gasteiger charge is 2.19. The Kier molecular flexibility index (Phi) is 7.96. The summed E-state index contributed by atoms with van der Waals surface area (Å²) in [6.45, 7) is 0. The van der Waals surface area contributed by atoms with Crippen LogP contribution in [0, 0.1) is 0 Å². The van der Waals surface area contributed by atoms with Crippen LogP contribution < -0.4 is 4.90 Å². The average Bonchev–Trinajstić information content (AvgIpc) is 3.74. The summed E-state index contributed by atoms with van der Waals surface area (Å²) in [5.74, 6) is 0. The summed E-state index contributed by atoms with van der Waals surface area (Å²) in [6.07, 6.45) is 0. The summed E-state index contributed by atoms with van der Waals surface area (Å²) in [5.41, 5.74) is 13.7. The molecule has 64 heavy (non-hydrogen) atoms. The largest absolute Gasteiger partial charge is 0.310 e. The van der Waals surface area contributed by atoms with Gasteiger partial charge in [0.15, 0.2) is 0 Å². The Morgan fingerprint density at radius 1 is 0.328 bits per heavy atom. The van der Waals surface area contributed by atoms with Crippen molar-refractivity contribution < 1.29 is 6.85 Å². The molecule has 0 amide bonds. The van der Waals surface area contributed by atoms with Gasteiger partial charge in [-0.2, -0.15) is 0 Å². The molecule has 12 aromatic rings. The van der Waals surface area contributed by atoms with Crippen molar-refractivity contribution in [1.82, 2.24) is 4.57 Å². The number of nitrogens with zero attached hydrogens (tertiary/aromatic N) is 2. The van der Waals surface area contributed by atoms with Crippen molar-refractivity contribution in [3.05, 3.63) is 255 Å². The maximum absolute atomic E-state index is 8.63. The van der Waals surface area contributed by atoms with E-state index in [0.29, 0.717) is 5.56 Å². The quantitative estimate of drug-likeness (QED) is 0.148. The first-order valence-corrected chi connectivity index (χ1v) is 21.6. The number of hydrogen-bond donors (Lipinski definition) is 0. The number of anilines is 3. The summed E-state index contributed by atoms with van der Waals surface area (Å²) in [5, 5.41) is 7.03. The fourth-order valence-corrected chi connectivity index (χ4v) is 9.43. The predicted molar refractivity (Wildman–Crippen MR) is 272 cm³/mol. The molecule has 0 saturated heterocycles. The van der Waals surface area contributed by atoms with Gasteiger partial charge in [-0.05, 0) is 104 Å². The van der Waals surface area contributed by atoms with Crippen molar-refractivity contribution in [2.45, 2.75) is 0 Å². The van der Waals surface area contributed by atoms with E-state index in [0.717, 1.165) is 66.9 Å². The Morgan fingerprint density at radius 2 is 0.859 bits per heavy atom. The monoisotopic (exact) mass is 819 g/mol. The molecule has 12 rings (SSSR count). The molecule has 2 heteroatoms. The van der Waals surface area contributed by atoms with Gasteiger partial charge in [-0.15, -0.1) is 0 Å². The third-order valence-electron chi connectivity index (χ3n) is 12.5. The Balaban J connectivity index is 0.943. The zero-order valence-corrected chi connectivity index (χ0v) is 34.8. The molecular formula is C62H42N2. The highest BCUT2D eigenvalue weighted by atomic mass is 15.1. The minimum Gasteiger partial charge on any atom is -0.310 e. The maximum Gasteiger partial charge on any atom is 0.0629 e. The Morgan fingerprint density at radius 3 is 1.64 bits per heavy atom. The van der Waals surface area contributed by atoms with Crippen LogP contribution in [0.4, 0.5) is 17.1 Å². The lowest BCUT2D eigenvalue weighted by Gasteiger charge is -2.27. The standard InChI is InChI=1S/C62H42N2/c1-3-14-43(15-4-1)45-32-37-51(38-33-45)63(52-39-34-46(35-40-52)44-16-5-2-6-17-44)60-27-13-23-55-53(22-12-24-56(55)60)49-30-28-47(29-31-49)50-36-41-58-57-21-9-10-25-61(57)64(62(58)42-50)59-26-11-19-48-18-7-8-20-54(48)59/h1-42H/i1D,3D,4D,14D,15D. The van der Waals surface area contributed by atoms with Gasteiger partial charge in [0.2, 0.25) is 0 Å². The number of benzene rings is 11. The molecule has 0 bridgehead atoms. The highest BCUT2D eigenvalue weighted by Crippen LogP contribution is 2.43. The molecule has 2 nitrogen and oxygen atoms in total. The molecule has 0 radical (unpaired) electrons. The fraction of sp³-hybridized carbons (Fsp3) is 0. The van der Waals surface area contributed by atoms with E-state index in [2.05, 4.69) is 191 Å². The molecular weight excluding hydrogens is 773 g/mol. The highest BCUT2D eigenvalue weighted by molar-refractivity contribution is 6.12. The Bertz CT molecular complexity index is 3900. The van der Waals surface area contributed by atoms with Crippen LogP contribution >= 0.6 is 0 Å². The van der Waals surface area contributed by atoms with Crippen molar-refractivity contribution in [2.75, 3.05) is 4.90 Å². The fourth-order valence-electron chi connectivity index (χ4n) is 9.43. The van der Waals surface area contributed by atoms with Gasteiger partial charge >= 0.3 is 0 Å². The van der Waals surface area contributed by atoms with Crippen molar-refractivity contribution in [1.29, 1.82) is 0 Å². The summed E-state index contributed by atoms with van der Waals surface area (Å²) in [7, 11) is 0. The molecule has 0 aliphatic carbocycles. The lowest BCUT2D eigenvalue weighted by Crippen LogP contribution is -2.10. The van der Waals surface area contributed by atoms with Crippen molar-refractivity contribution >= 4 is 60.4 Å². The number of rotatable bonds is 8. The topological polar surface area (TPSA) is 8.17 Å². The molecule has 0 saturated carbocycles. The van der Waals surface area contributed by atoms with E-state index in [9.17, 15) is 0 Å². The van der Waals surface area contributed by atoms with Gasteiger partial charge in [-0.1, -0.05) is 206 Å². The van der Waals surface area contributed by atoms with Crippen LogP contribution in [0.2, 0.25) is 0 Å². The third kappa shape index (κ3) is 6.52. The second-order valence-corrected chi connectivity index (χ2v) is 16.1. The molecule has 0 unspecified atom stereocenters. The Labute approximate surface area is 380 Å². The van der Waals surface area contributed by atoms with E-state index in [1.165, 1.54) is 32.6 Å². The first kappa shape index (κ1) is 32.3. The first-order valence-electron chi connectivity index (χ1n) is 24.1. The molecule has 0 N–H and O–H groups in total. The average molecular weight is 820 g/mol. The first-order chi connectivity index (χ1) is 33.8. The van der Waals surface area contributed by atoms with Crippen LogP contribution in [0.15, 0.2) is 255 Å². The number of aromatic nitrogens is 1. The molecule has 0 atom stereocenters. The number of fused-ring (bicyclic) bond motifs is 5. The normalized spacial score (nSPS) is 12.5. The molecule has 0 aliphatic heterocycles. The zero-order valence-electron chi connectivity index (χ0n) is 39.8. The van der Waals surface area contributed by atoms with Gasteiger partial charge in [0.05, 0.1) is 29.3 Å². The molecule has 1 aromatic heterocycles. The van der Waals surface area contributed by atoms with Crippen molar-refractivity contribution in [3.8, 4) is 50.2 Å². The molecule has 0 aliphatic rings. The van der Waals surface area contributed by atoms with E-state index in [4.69, 9.17) is 6.85 Å². The van der Waals surface area contributed by atoms with E-state index in [-0.39, 0.29) is 29.7 Å². The number of hydrogen-bond acceptors (Lipinski definition) is 1. The molecule has 11 aromatic carbocycles. The van der Waals surface area contributed by atoms with E-state index in [1.54, 1.807) is 0 Å². The minimum atomic E-state index is -0.406. The summed E-state index contributed by atoms with van der Waals surface area (Å²) < 4.78 is 44.4. The van der Waals surface area contributed by atoms with Gasteiger partial charge in [0.1, 0.15) is 0 Å². The van der Waals surface area contributed by atoms with Crippen LogP contribution in [0.5, 0.6) is 0 Å². The lowest BCUT2D eigenvalue weighted by molar-refractivity contribution is 1.20. The summed E-state index contributed by atoms with van der Waals surface area (Å²) >= 11 is 0. The van der Waals surface area contributed by atoms with E-state index in [1.807, 2.05) is 42.5 Å². The lowest BCUT2D eigenvalue weighted by atomic mass is 9.95. The minimum absolute atomic E-state index is 0.178. The van der Waals surface area contributed by atoms with Gasteiger partial charge in [0.25, 0.3) is 0 Å². The van der Waals surface area contributed by atoms with E-state index >= 15 is 0 Å². The summed E-state index contributed by atoms with van der Waals surface area (Å²) in [4.78, 5) is 2.23. The van der Waals surface area contributed by atoms with Crippen LogP contribution in [-0.4, -0.2) is 4.57 Å². The van der Waals surface area contributed by atoms with Gasteiger partial charge in [-0.3, -0.25) is 0 Å². The van der Waals surface area contributed by atoms with Gasteiger partial charge in [0, 0.05) is 32.9 Å². The zero-order chi connectivity index (χ0) is 46.8. The SMILES string of the molecule is [2H]c1c([2H])c([2H])c(-c2ccc(N(c3ccc(-c4ccccc4)cc3)c3cccc4c(-c5ccc(-c6ccc7c8ccccc8n(-c8cccc9ccccc89)c7c6)cc5)cccc34)cc2)c([2H])c1[2H]. The molecule has 300 valence electrons. The van der Waals surface area contributed by atoms with Crippen molar-refractivity contribution in [2.24, 2.45) is 0 Å². The predicted octanol–water partition coefficient (Wildman–Crippen LogP) is 17.2. The van der Waals surface area contributed by atoms with Crippen LogP contribution in [0.25, 0.3) is 93.5 Å². The maximum atomic E-state index is 8.63. The van der Waals surface area contributed by atoms with Crippen LogP contribution in [0.3, 0.4) is 0 Å².